The third-order valence-corrected chi connectivity index (χ3v) is 5.46. The first kappa shape index (κ1) is 17.8. The molecule has 3 aromatic rings. The topological polar surface area (TPSA) is 84.3 Å². The van der Waals surface area contributed by atoms with Crippen molar-refractivity contribution in [2.24, 2.45) is 0 Å². The predicted molar refractivity (Wildman–Crippen MR) is 103 cm³/mol. The second-order valence-electron chi connectivity index (χ2n) is 6.77. The lowest BCUT2D eigenvalue weighted by atomic mass is 10.0. The maximum atomic E-state index is 10.6. The summed E-state index contributed by atoms with van der Waals surface area (Å²) in [5, 5.41) is 14.7. The second kappa shape index (κ2) is 7.21. The summed E-state index contributed by atoms with van der Waals surface area (Å²) in [5.41, 5.74) is 5.22. The van der Waals surface area contributed by atoms with Gasteiger partial charge in [0, 0.05) is 37.0 Å². The Kier molecular flexibility index (Phi) is 4.75. The van der Waals surface area contributed by atoms with Crippen molar-refractivity contribution in [1.29, 1.82) is 0 Å². The Labute approximate surface area is 161 Å². The van der Waals surface area contributed by atoms with Gasteiger partial charge in [0.25, 0.3) is 0 Å². The Hall–Kier alpha value is -2.58. The Morgan fingerprint density at radius 1 is 1.22 bits per heavy atom. The summed E-state index contributed by atoms with van der Waals surface area (Å²) in [6.45, 7) is 8.54. The van der Waals surface area contributed by atoms with Gasteiger partial charge in [-0.1, -0.05) is 4.49 Å². The first-order chi connectivity index (χ1) is 13.0. The van der Waals surface area contributed by atoms with Crippen molar-refractivity contribution in [3.05, 3.63) is 45.9 Å². The van der Waals surface area contributed by atoms with Crippen LogP contribution in [0.2, 0.25) is 0 Å². The quantitative estimate of drug-likeness (QED) is 0.744. The van der Waals surface area contributed by atoms with Crippen molar-refractivity contribution in [2.75, 3.05) is 13.2 Å². The van der Waals surface area contributed by atoms with E-state index in [0.29, 0.717) is 18.9 Å². The van der Waals surface area contributed by atoms with Gasteiger partial charge >= 0.3 is 0 Å². The number of hydrogen-bond acceptors (Lipinski definition) is 8. The molecule has 0 aliphatic carbocycles. The standard InChI is InChI=1S/C19H21N5O2S/c1-11-8-20-13(3)18(21-11)14-6-15-9-24(10-17-12(2)22-23-27-17)4-5-26-19(15)16(25)7-14/h6-8,25H,4-5,9-10H2,1-3H3. The molecule has 0 saturated carbocycles. The van der Waals surface area contributed by atoms with E-state index in [0.717, 1.165) is 51.9 Å². The number of fused-ring (bicyclic) bond motifs is 1. The van der Waals surface area contributed by atoms with Crippen molar-refractivity contribution in [2.45, 2.75) is 33.9 Å². The Morgan fingerprint density at radius 3 is 2.85 bits per heavy atom. The summed E-state index contributed by atoms with van der Waals surface area (Å²) in [5.74, 6) is 0.696. The highest BCUT2D eigenvalue weighted by Gasteiger charge is 2.22. The molecule has 0 amide bonds. The smallest absolute Gasteiger partial charge is 0.165 e. The first-order valence-electron chi connectivity index (χ1n) is 8.80. The van der Waals surface area contributed by atoms with Gasteiger partial charge in [-0.25, -0.2) is 4.98 Å². The van der Waals surface area contributed by atoms with E-state index in [1.807, 2.05) is 26.8 Å². The molecule has 7 nitrogen and oxygen atoms in total. The van der Waals surface area contributed by atoms with Crippen LogP contribution in [0.5, 0.6) is 11.5 Å². The largest absolute Gasteiger partial charge is 0.504 e. The molecule has 0 spiro atoms. The van der Waals surface area contributed by atoms with Gasteiger partial charge in [-0.05, 0) is 44.4 Å². The van der Waals surface area contributed by atoms with Crippen LogP contribution in [0.3, 0.4) is 0 Å². The monoisotopic (exact) mass is 383 g/mol. The molecule has 0 radical (unpaired) electrons. The molecule has 0 unspecified atom stereocenters. The van der Waals surface area contributed by atoms with Crippen molar-refractivity contribution in [3.63, 3.8) is 0 Å². The highest BCUT2D eigenvalue weighted by Crippen LogP contribution is 2.38. The fourth-order valence-corrected chi connectivity index (χ4v) is 3.91. The van der Waals surface area contributed by atoms with Gasteiger partial charge in [0.15, 0.2) is 11.5 Å². The van der Waals surface area contributed by atoms with Crippen LogP contribution in [0.1, 0.15) is 27.5 Å². The summed E-state index contributed by atoms with van der Waals surface area (Å²) in [6.07, 6.45) is 1.75. The van der Waals surface area contributed by atoms with Crippen molar-refractivity contribution in [3.8, 4) is 22.8 Å². The molecule has 4 rings (SSSR count). The zero-order valence-corrected chi connectivity index (χ0v) is 16.4. The molecule has 3 heterocycles. The van der Waals surface area contributed by atoms with Crippen LogP contribution in [0.4, 0.5) is 0 Å². The van der Waals surface area contributed by atoms with Crippen molar-refractivity contribution >= 4 is 11.5 Å². The number of hydrogen-bond donors (Lipinski definition) is 1. The normalized spacial score (nSPS) is 14.5. The molecule has 1 aliphatic heterocycles. The van der Waals surface area contributed by atoms with Gasteiger partial charge in [0.2, 0.25) is 0 Å². The molecule has 27 heavy (non-hydrogen) atoms. The summed E-state index contributed by atoms with van der Waals surface area (Å²) < 4.78 is 9.87. The molecule has 8 heteroatoms. The number of rotatable bonds is 3. The molecule has 0 bridgehead atoms. The number of phenolic OH excluding ortho intramolecular Hbond substituents is 1. The summed E-state index contributed by atoms with van der Waals surface area (Å²) >= 11 is 1.43. The summed E-state index contributed by atoms with van der Waals surface area (Å²) in [6, 6.07) is 3.75. The zero-order chi connectivity index (χ0) is 19.0. The third kappa shape index (κ3) is 3.63. The maximum absolute atomic E-state index is 10.6. The fraction of sp³-hybridized carbons (Fsp3) is 0.368. The van der Waals surface area contributed by atoms with E-state index >= 15 is 0 Å². The van der Waals surface area contributed by atoms with Gasteiger partial charge < -0.3 is 9.84 Å². The molecule has 0 atom stereocenters. The van der Waals surface area contributed by atoms with Crippen molar-refractivity contribution in [1.82, 2.24) is 24.5 Å². The molecule has 0 fully saturated rings. The third-order valence-electron chi connectivity index (χ3n) is 4.66. The number of aromatic hydroxyl groups is 1. The van der Waals surface area contributed by atoms with Gasteiger partial charge in [-0.15, -0.1) is 5.10 Å². The molecular formula is C19H21N5O2S. The predicted octanol–water partition coefficient (Wildman–Crippen LogP) is 3.02. The van der Waals surface area contributed by atoms with E-state index in [-0.39, 0.29) is 5.75 Å². The van der Waals surface area contributed by atoms with Crippen molar-refractivity contribution < 1.29 is 9.84 Å². The molecule has 1 N–H and O–H groups in total. The van der Waals surface area contributed by atoms with Gasteiger partial charge in [0.05, 0.1) is 27.7 Å². The second-order valence-corrected chi connectivity index (χ2v) is 7.61. The van der Waals surface area contributed by atoms with Crippen LogP contribution < -0.4 is 4.74 Å². The van der Waals surface area contributed by atoms with Gasteiger partial charge in [-0.2, -0.15) is 0 Å². The Balaban J connectivity index is 1.69. The van der Waals surface area contributed by atoms with Crippen LogP contribution in [-0.4, -0.2) is 42.7 Å². The van der Waals surface area contributed by atoms with Crippen LogP contribution >= 0.6 is 11.5 Å². The zero-order valence-electron chi connectivity index (χ0n) is 15.6. The van der Waals surface area contributed by atoms with E-state index in [2.05, 4.69) is 24.5 Å². The first-order valence-corrected chi connectivity index (χ1v) is 9.58. The number of ether oxygens (including phenoxy) is 1. The number of aromatic nitrogens is 4. The average Bonchev–Trinajstić information content (AvgIpc) is 2.91. The molecule has 1 aliphatic rings. The maximum Gasteiger partial charge on any atom is 0.165 e. The van der Waals surface area contributed by atoms with E-state index < -0.39 is 0 Å². The van der Waals surface area contributed by atoms with Gasteiger partial charge in [-0.3, -0.25) is 9.88 Å². The Morgan fingerprint density at radius 2 is 2.07 bits per heavy atom. The summed E-state index contributed by atoms with van der Waals surface area (Å²) in [7, 11) is 0. The molecule has 2 aromatic heterocycles. The lowest BCUT2D eigenvalue weighted by Crippen LogP contribution is -2.25. The fourth-order valence-electron chi connectivity index (χ4n) is 3.23. The molecular weight excluding hydrogens is 362 g/mol. The molecule has 1 aromatic carbocycles. The summed E-state index contributed by atoms with van der Waals surface area (Å²) in [4.78, 5) is 12.4. The van der Waals surface area contributed by atoms with E-state index in [1.54, 1.807) is 12.3 Å². The van der Waals surface area contributed by atoms with Crippen LogP contribution in [0, 0.1) is 20.8 Å². The van der Waals surface area contributed by atoms with E-state index in [4.69, 9.17) is 4.74 Å². The SMILES string of the molecule is Cc1cnc(C)c(-c2cc(O)c3c(c2)CN(Cc2snnc2C)CCO3)n1. The lowest BCUT2D eigenvalue weighted by molar-refractivity contribution is 0.218. The number of benzene rings is 1. The molecule has 0 saturated heterocycles. The Bertz CT molecular complexity index is 988. The molecule has 140 valence electrons. The van der Waals surface area contributed by atoms with Crippen LogP contribution in [0.15, 0.2) is 18.3 Å². The minimum Gasteiger partial charge on any atom is -0.504 e. The minimum atomic E-state index is 0.141. The van der Waals surface area contributed by atoms with Gasteiger partial charge in [0.1, 0.15) is 6.61 Å². The highest BCUT2D eigenvalue weighted by atomic mass is 32.1. The minimum absolute atomic E-state index is 0.141. The van der Waals surface area contributed by atoms with E-state index in [9.17, 15) is 5.11 Å². The van der Waals surface area contributed by atoms with Crippen LogP contribution in [-0.2, 0) is 13.1 Å². The lowest BCUT2D eigenvalue weighted by Gasteiger charge is -2.18. The highest BCUT2D eigenvalue weighted by molar-refractivity contribution is 7.05. The van der Waals surface area contributed by atoms with Crippen LogP contribution in [0.25, 0.3) is 11.3 Å². The van der Waals surface area contributed by atoms with E-state index in [1.165, 1.54) is 11.5 Å². The number of phenols is 1. The number of nitrogens with zero attached hydrogens (tertiary/aromatic N) is 5. The number of aryl methyl sites for hydroxylation is 3. The average molecular weight is 383 g/mol.